The number of nitrogens with zero attached hydrogens (tertiary/aromatic N) is 1. The highest BCUT2D eigenvalue weighted by Crippen LogP contribution is 2.21. The molecular weight excluding hydrogens is 218 g/mol. The van der Waals surface area contributed by atoms with Crippen LogP contribution in [0.3, 0.4) is 0 Å². The number of hydrogen-bond acceptors (Lipinski definition) is 3. The molecule has 17 heavy (non-hydrogen) atoms. The third-order valence-electron chi connectivity index (χ3n) is 2.73. The first-order chi connectivity index (χ1) is 8.13. The van der Waals surface area contributed by atoms with Gasteiger partial charge in [-0.05, 0) is 6.07 Å². The third-order valence-corrected chi connectivity index (χ3v) is 2.73. The Labute approximate surface area is 98.8 Å². The summed E-state index contributed by atoms with van der Waals surface area (Å²) in [5, 5.41) is 0.865. The Morgan fingerprint density at radius 1 is 1.29 bits per heavy atom. The zero-order valence-electron chi connectivity index (χ0n) is 9.77. The van der Waals surface area contributed by atoms with E-state index < -0.39 is 5.97 Å². The molecule has 1 aromatic carbocycles. The Morgan fingerprint density at radius 3 is 2.71 bits per heavy atom. The predicted octanol–water partition coefficient (Wildman–Crippen LogP) is 1.92. The Hall–Kier alpha value is -2.10. The van der Waals surface area contributed by atoms with Crippen molar-refractivity contribution in [3.05, 3.63) is 36.0 Å². The van der Waals surface area contributed by atoms with Gasteiger partial charge in [-0.25, -0.2) is 0 Å². The van der Waals surface area contributed by atoms with Crippen molar-refractivity contribution in [2.45, 2.75) is 6.42 Å². The highest BCUT2D eigenvalue weighted by molar-refractivity contribution is 6.13. The van der Waals surface area contributed by atoms with E-state index in [1.54, 1.807) is 6.20 Å². The van der Waals surface area contributed by atoms with Crippen molar-refractivity contribution in [3.8, 4) is 0 Å². The number of ether oxygens (including phenoxy) is 1. The van der Waals surface area contributed by atoms with Gasteiger partial charge in [0, 0.05) is 29.7 Å². The van der Waals surface area contributed by atoms with E-state index in [0.29, 0.717) is 5.56 Å². The van der Waals surface area contributed by atoms with Gasteiger partial charge in [0.25, 0.3) is 0 Å². The zero-order valence-corrected chi connectivity index (χ0v) is 9.77. The molecule has 0 unspecified atom stereocenters. The van der Waals surface area contributed by atoms with Gasteiger partial charge in [0.15, 0.2) is 5.78 Å². The van der Waals surface area contributed by atoms with Gasteiger partial charge in [-0.1, -0.05) is 18.2 Å². The molecule has 0 aliphatic carbocycles. The van der Waals surface area contributed by atoms with Crippen LogP contribution in [0.1, 0.15) is 16.8 Å². The van der Waals surface area contributed by atoms with Gasteiger partial charge in [0.1, 0.15) is 6.42 Å². The second kappa shape index (κ2) is 4.41. The molecule has 0 radical (unpaired) electrons. The standard InChI is InChI=1S/C13H13NO3/c1-14-8-10(12(15)7-13(16)17-2)9-5-3-4-6-11(9)14/h3-6,8H,7H2,1-2H3. The molecule has 0 amide bonds. The van der Waals surface area contributed by atoms with E-state index in [-0.39, 0.29) is 12.2 Å². The fourth-order valence-corrected chi connectivity index (χ4v) is 1.86. The van der Waals surface area contributed by atoms with E-state index >= 15 is 0 Å². The van der Waals surface area contributed by atoms with Gasteiger partial charge < -0.3 is 9.30 Å². The van der Waals surface area contributed by atoms with Crippen LogP contribution in [-0.4, -0.2) is 23.4 Å². The summed E-state index contributed by atoms with van der Waals surface area (Å²) in [5.41, 5.74) is 1.54. The number of aryl methyl sites for hydroxylation is 1. The van der Waals surface area contributed by atoms with E-state index in [9.17, 15) is 9.59 Å². The zero-order chi connectivity index (χ0) is 12.4. The van der Waals surface area contributed by atoms with Gasteiger partial charge in [0.05, 0.1) is 7.11 Å². The Morgan fingerprint density at radius 2 is 2.00 bits per heavy atom. The van der Waals surface area contributed by atoms with Gasteiger partial charge in [-0.2, -0.15) is 0 Å². The molecule has 1 aromatic heterocycles. The van der Waals surface area contributed by atoms with Crippen LogP contribution in [0, 0.1) is 0 Å². The monoisotopic (exact) mass is 231 g/mol. The minimum Gasteiger partial charge on any atom is -0.469 e. The number of fused-ring (bicyclic) bond motifs is 1. The fraction of sp³-hybridized carbons (Fsp3) is 0.231. The van der Waals surface area contributed by atoms with E-state index in [2.05, 4.69) is 4.74 Å². The summed E-state index contributed by atoms with van der Waals surface area (Å²) in [7, 11) is 3.15. The Bertz CT molecular complexity index is 583. The van der Waals surface area contributed by atoms with Crippen LogP contribution in [0.15, 0.2) is 30.5 Å². The lowest BCUT2D eigenvalue weighted by Crippen LogP contribution is -2.09. The molecule has 0 saturated carbocycles. The molecule has 0 atom stereocenters. The third kappa shape index (κ3) is 2.06. The van der Waals surface area contributed by atoms with Crippen molar-refractivity contribution in [1.82, 2.24) is 4.57 Å². The lowest BCUT2D eigenvalue weighted by atomic mass is 10.1. The summed E-state index contributed by atoms with van der Waals surface area (Å²) >= 11 is 0. The van der Waals surface area contributed by atoms with E-state index in [0.717, 1.165) is 10.9 Å². The molecule has 2 rings (SSSR count). The van der Waals surface area contributed by atoms with Crippen LogP contribution in [0.2, 0.25) is 0 Å². The second-order valence-corrected chi connectivity index (χ2v) is 3.85. The lowest BCUT2D eigenvalue weighted by Gasteiger charge is -1.98. The maximum Gasteiger partial charge on any atom is 0.313 e. The second-order valence-electron chi connectivity index (χ2n) is 3.85. The van der Waals surface area contributed by atoms with Crippen LogP contribution in [0.5, 0.6) is 0 Å². The molecule has 0 spiro atoms. The fourth-order valence-electron chi connectivity index (χ4n) is 1.86. The maximum absolute atomic E-state index is 11.9. The van der Waals surface area contributed by atoms with Gasteiger partial charge in [-0.3, -0.25) is 9.59 Å². The van der Waals surface area contributed by atoms with Gasteiger partial charge >= 0.3 is 5.97 Å². The van der Waals surface area contributed by atoms with Crippen molar-refractivity contribution in [1.29, 1.82) is 0 Å². The molecule has 88 valence electrons. The number of esters is 1. The van der Waals surface area contributed by atoms with Crippen molar-refractivity contribution in [2.24, 2.45) is 7.05 Å². The SMILES string of the molecule is COC(=O)CC(=O)c1cn(C)c2ccccc12. The quantitative estimate of drug-likeness (QED) is 0.460. The highest BCUT2D eigenvalue weighted by Gasteiger charge is 2.16. The average molecular weight is 231 g/mol. The number of hydrogen-bond donors (Lipinski definition) is 0. The summed E-state index contributed by atoms with van der Waals surface area (Å²) in [4.78, 5) is 23.0. The molecule has 0 bridgehead atoms. The Kier molecular flexibility index (Phi) is 2.95. The van der Waals surface area contributed by atoms with Crippen LogP contribution < -0.4 is 0 Å². The maximum atomic E-state index is 11.9. The first-order valence-electron chi connectivity index (χ1n) is 5.27. The molecule has 2 aromatic rings. The number of para-hydroxylation sites is 1. The lowest BCUT2D eigenvalue weighted by molar-refractivity contribution is -0.139. The number of rotatable bonds is 3. The number of ketones is 1. The largest absolute Gasteiger partial charge is 0.469 e. The number of benzene rings is 1. The van der Waals surface area contributed by atoms with Crippen LogP contribution in [0.4, 0.5) is 0 Å². The van der Waals surface area contributed by atoms with E-state index in [4.69, 9.17) is 0 Å². The summed E-state index contributed by atoms with van der Waals surface area (Å²) in [6.07, 6.45) is 1.53. The van der Waals surface area contributed by atoms with Crippen molar-refractivity contribution >= 4 is 22.7 Å². The molecular formula is C13H13NO3. The minimum absolute atomic E-state index is 0.214. The molecule has 1 heterocycles. The average Bonchev–Trinajstić information content (AvgIpc) is 2.67. The summed E-state index contributed by atoms with van der Waals surface area (Å²) < 4.78 is 6.37. The normalized spacial score (nSPS) is 10.5. The summed E-state index contributed by atoms with van der Waals surface area (Å²) in [6.45, 7) is 0. The van der Waals surface area contributed by atoms with Crippen LogP contribution >= 0.6 is 0 Å². The molecule has 0 saturated heterocycles. The smallest absolute Gasteiger partial charge is 0.313 e. The van der Waals surface area contributed by atoms with Crippen LogP contribution in [0.25, 0.3) is 10.9 Å². The number of aromatic nitrogens is 1. The summed E-state index contributed by atoms with van der Waals surface area (Å²) in [6, 6.07) is 7.60. The van der Waals surface area contributed by atoms with Crippen LogP contribution in [-0.2, 0) is 16.6 Å². The van der Waals surface area contributed by atoms with E-state index in [1.165, 1.54) is 7.11 Å². The van der Waals surface area contributed by atoms with Crippen molar-refractivity contribution < 1.29 is 14.3 Å². The first-order valence-corrected chi connectivity index (χ1v) is 5.27. The van der Waals surface area contributed by atoms with Crippen molar-refractivity contribution in [2.75, 3.05) is 7.11 Å². The minimum atomic E-state index is -0.511. The topological polar surface area (TPSA) is 48.3 Å². The number of carbonyl (C=O) groups excluding carboxylic acids is 2. The number of Topliss-reactive ketones (excluding diaryl/α,β-unsaturated/α-hetero) is 1. The van der Waals surface area contributed by atoms with Gasteiger partial charge in [-0.15, -0.1) is 0 Å². The predicted molar refractivity (Wildman–Crippen MR) is 63.9 cm³/mol. The molecule has 0 aliphatic heterocycles. The number of carbonyl (C=O) groups is 2. The first kappa shape index (κ1) is 11.4. The summed E-state index contributed by atoms with van der Waals surface area (Å²) in [5.74, 6) is -0.725. The van der Waals surface area contributed by atoms with E-state index in [1.807, 2.05) is 35.9 Å². The van der Waals surface area contributed by atoms with Crippen molar-refractivity contribution in [3.63, 3.8) is 0 Å². The molecule has 0 fully saturated rings. The molecule has 4 heteroatoms. The number of methoxy groups -OCH3 is 1. The van der Waals surface area contributed by atoms with Gasteiger partial charge in [0.2, 0.25) is 0 Å². The molecule has 0 N–H and O–H groups in total. The molecule has 0 aliphatic rings. The highest BCUT2D eigenvalue weighted by atomic mass is 16.5. The molecule has 4 nitrogen and oxygen atoms in total. The Balaban J connectivity index is 2.42.